The van der Waals surface area contributed by atoms with Crippen molar-refractivity contribution in [2.24, 2.45) is 0 Å². The van der Waals surface area contributed by atoms with Crippen LogP contribution in [0.25, 0.3) is 6.08 Å². The second kappa shape index (κ2) is 5.79. The molecule has 1 aromatic rings. The summed E-state index contributed by atoms with van der Waals surface area (Å²) in [6.45, 7) is 2.04. The van der Waals surface area contributed by atoms with Crippen molar-refractivity contribution in [2.45, 2.75) is 6.92 Å². The van der Waals surface area contributed by atoms with Crippen molar-refractivity contribution in [3.8, 4) is 0 Å². The summed E-state index contributed by atoms with van der Waals surface area (Å²) in [5.41, 5.74) is 0.803. The molecule has 0 N–H and O–H groups in total. The van der Waals surface area contributed by atoms with Crippen LogP contribution in [0.3, 0.4) is 0 Å². The van der Waals surface area contributed by atoms with E-state index >= 15 is 0 Å². The Kier molecular flexibility index (Phi) is 4.66. The van der Waals surface area contributed by atoms with Gasteiger partial charge in [-0.3, -0.25) is 0 Å². The minimum atomic E-state index is -0.519. The number of esters is 1. The third-order valence-electron chi connectivity index (χ3n) is 1.63. The third-order valence-corrected chi connectivity index (χ3v) is 2.15. The fourth-order valence-electron chi connectivity index (χ4n) is 0.964. The normalized spacial score (nSPS) is 11.3. The number of ether oxygens (including phenoxy) is 1. The first-order chi connectivity index (χ1) is 7.13. The van der Waals surface area contributed by atoms with E-state index in [1.54, 1.807) is 31.2 Å². The molecule has 0 aromatic heterocycles. The van der Waals surface area contributed by atoms with Gasteiger partial charge in [0.2, 0.25) is 0 Å². The predicted molar refractivity (Wildman–Crippen MR) is 61.9 cm³/mol. The Labute approximate surface area is 98.4 Å². The third kappa shape index (κ3) is 3.94. The lowest BCUT2D eigenvalue weighted by Gasteiger charge is -1.99. The van der Waals surface area contributed by atoms with Gasteiger partial charge in [0.25, 0.3) is 0 Å². The van der Waals surface area contributed by atoms with Crippen molar-refractivity contribution >= 4 is 35.2 Å². The number of rotatable bonds is 3. The van der Waals surface area contributed by atoms with Crippen LogP contribution in [0, 0.1) is 0 Å². The smallest absolute Gasteiger partial charge is 0.349 e. The summed E-state index contributed by atoms with van der Waals surface area (Å²) in [5.74, 6) is -0.519. The number of benzene rings is 1. The van der Waals surface area contributed by atoms with Crippen LogP contribution in [0.5, 0.6) is 0 Å². The van der Waals surface area contributed by atoms with E-state index in [2.05, 4.69) is 0 Å². The topological polar surface area (TPSA) is 26.3 Å². The highest BCUT2D eigenvalue weighted by molar-refractivity contribution is 6.43. The Morgan fingerprint density at radius 1 is 1.40 bits per heavy atom. The molecule has 0 atom stereocenters. The first-order valence-electron chi connectivity index (χ1n) is 4.43. The Morgan fingerprint density at radius 3 is 2.53 bits per heavy atom. The second-order valence-electron chi connectivity index (χ2n) is 2.76. The molecular weight excluding hydrogens is 235 g/mol. The number of halogens is 2. The molecule has 15 heavy (non-hydrogen) atoms. The van der Waals surface area contributed by atoms with Crippen LogP contribution in [-0.2, 0) is 9.53 Å². The molecule has 1 rings (SSSR count). The van der Waals surface area contributed by atoms with Crippen LogP contribution < -0.4 is 0 Å². The van der Waals surface area contributed by atoms with E-state index in [4.69, 9.17) is 27.9 Å². The van der Waals surface area contributed by atoms with E-state index in [0.717, 1.165) is 5.56 Å². The summed E-state index contributed by atoms with van der Waals surface area (Å²) < 4.78 is 4.73. The summed E-state index contributed by atoms with van der Waals surface area (Å²) in [5, 5.41) is 0.693. The number of hydrogen-bond donors (Lipinski definition) is 0. The molecule has 2 nitrogen and oxygen atoms in total. The van der Waals surface area contributed by atoms with Gasteiger partial charge in [-0.1, -0.05) is 35.3 Å². The van der Waals surface area contributed by atoms with Gasteiger partial charge < -0.3 is 4.74 Å². The maximum absolute atomic E-state index is 11.2. The summed E-state index contributed by atoms with van der Waals surface area (Å²) >= 11 is 11.5. The SMILES string of the molecule is CCOC(=O)C(Cl)=Cc1ccc(Cl)cc1. The Bertz CT molecular complexity index is 369. The molecule has 0 spiro atoms. The molecule has 0 aliphatic rings. The maximum Gasteiger partial charge on any atom is 0.349 e. The summed E-state index contributed by atoms with van der Waals surface area (Å²) in [4.78, 5) is 11.2. The molecule has 4 heteroatoms. The molecule has 0 radical (unpaired) electrons. The van der Waals surface area contributed by atoms with Crippen LogP contribution in [0.4, 0.5) is 0 Å². The second-order valence-corrected chi connectivity index (χ2v) is 3.61. The highest BCUT2D eigenvalue weighted by Gasteiger charge is 2.06. The van der Waals surface area contributed by atoms with Crippen molar-refractivity contribution in [1.82, 2.24) is 0 Å². The zero-order chi connectivity index (χ0) is 11.3. The van der Waals surface area contributed by atoms with Gasteiger partial charge in [0.1, 0.15) is 5.03 Å². The highest BCUT2D eigenvalue weighted by Crippen LogP contribution is 2.15. The molecule has 0 unspecified atom stereocenters. The van der Waals surface area contributed by atoms with E-state index in [9.17, 15) is 4.79 Å². The molecule has 0 amide bonds. The van der Waals surface area contributed by atoms with Crippen molar-refractivity contribution < 1.29 is 9.53 Å². The molecule has 0 saturated heterocycles. The van der Waals surface area contributed by atoms with Crippen molar-refractivity contribution in [1.29, 1.82) is 0 Å². The van der Waals surface area contributed by atoms with Gasteiger partial charge in [-0.05, 0) is 30.7 Å². The van der Waals surface area contributed by atoms with Crippen LogP contribution >= 0.6 is 23.2 Å². The molecule has 0 bridgehead atoms. The number of carbonyl (C=O) groups is 1. The predicted octanol–water partition coefficient (Wildman–Crippen LogP) is 3.48. The zero-order valence-corrected chi connectivity index (χ0v) is 9.68. The fourth-order valence-corrected chi connectivity index (χ4v) is 1.27. The van der Waals surface area contributed by atoms with E-state index in [1.165, 1.54) is 6.08 Å². The van der Waals surface area contributed by atoms with Gasteiger partial charge in [-0.15, -0.1) is 0 Å². The van der Waals surface area contributed by atoms with Gasteiger partial charge in [0.15, 0.2) is 0 Å². The monoisotopic (exact) mass is 244 g/mol. The van der Waals surface area contributed by atoms with Crippen molar-refractivity contribution in [2.75, 3.05) is 6.61 Å². The Hall–Kier alpha value is -0.990. The lowest BCUT2D eigenvalue weighted by atomic mass is 10.2. The molecule has 80 valence electrons. The van der Waals surface area contributed by atoms with Gasteiger partial charge in [0, 0.05) is 5.02 Å². The van der Waals surface area contributed by atoms with Crippen LogP contribution in [0.2, 0.25) is 5.02 Å². The fraction of sp³-hybridized carbons (Fsp3) is 0.182. The first-order valence-corrected chi connectivity index (χ1v) is 5.19. The minimum absolute atomic E-state index is 0.0548. The van der Waals surface area contributed by atoms with E-state index < -0.39 is 5.97 Å². The summed E-state index contributed by atoms with van der Waals surface area (Å²) in [6.07, 6.45) is 1.54. The van der Waals surface area contributed by atoms with Crippen molar-refractivity contribution in [3.63, 3.8) is 0 Å². The van der Waals surface area contributed by atoms with Crippen LogP contribution in [-0.4, -0.2) is 12.6 Å². The largest absolute Gasteiger partial charge is 0.462 e. The standard InChI is InChI=1S/C11H10Cl2O2/c1-2-15-11(14)10(13)7-8-3-5-9(12)6-4-8/h3-7H,2H2,1H3. The minimum Gasteiger partial charge on any atom is -0.462 e. The molecule has 1 aromatic carbocycles. The Balaban J connectivity index is 2.78. The molecule has 0 aliphatic carbocycles. The van der Waals surface area contributed by atoms with E-state index in [-0.39, 0.29) is 5.03 Å². The zero-order valence-electron chi connectivity index (χ0n) is 8.17. The lowest BCUT2D eigenvalue weighted by molar-refractivity contribution is -0.137. The molecule has 0 saturated carbocycles. The van der Waals surface area contributed by atoms with E-state index in [0.29, 0.717) is 11.6 Å². The van der Waals surface area contributed by atoms with Gasteiger partial charge in [-0.2, -0.15) is 0 Å². The Morgan fingerprint density at radius 2 is 2.00 bits per heavy atom. The van der Waals surface area contributed by atoms with Crippen LogP contribution in [0.1, 0.15) is 12.5 Å². The molecule has 0 aliphatic heterocycles. The average Bonchev–Trinajstić information content (AvgIpc) is 2.22. The van der Waals surface area contributed by atoms with E-state index in [1.807, 2.05) is 0 Å². The molecule has 0 fully saturated rings. The number of carbonyl (C=O) groups excluding carboxylic acids is 1. The molecule has 0 heterocycles. The maximum atomic E-state index is 11.2. The quantitative estimate of drug-likeness (QED) is 0.601. The number of hydrogen-bond acceptors (Lipinski definition) is 2. The van der Waals surface area contributed by atoms with Gasteiger partial charge in [-0.25, -0.2) is 4.79 Å². The highest BCUT2D eigenvalue weighted by atomic mass is 35.5. The summed E-state index contributed by atoms with van der Waals surface area (Å²) in [7, 11) is 0. The lowest BCUT2D eigenvalue weighted by Crippen LogP contribution is -2.03. The molecular formula is C11H10Cl2O2. The first kappa shape index (κ1) is 12.1. The van der Waals surface area contributed by atoms with Gasteiger partial charge >= 0.3 is 5.97 Å². The summed E-state index contributed by atoms with van der Waals surface area (Å²) in [6, 6.07) is 6.99. The van der Waals surface area contributed by atoms with Crippen molar-refractivity contribution in [3.05, 3.63) is 39.9 Å². The average molecular weight is 245 g/mol. The van der Waals surface area contributed by atoms with Gasteiger partial charge in [0.05, 0.1) is 6.61 Å². The van der Waals surface area contributed by atoms with Crippen LogP contribution in [0.15, 0.2) is 29.3 Å².